The molecule has 1 unspecified atom stereocenters. The maximum Gasteiger partial charge on any atom is 0.126 e. The van der Waals surface area contributed by atoms with Crippen molar-refractivity contribution in [2.75, 3.05) is 0 Å². The van der Waals surface area contributed by atoms with Crippen molar-refractivity contribution in [1.29, 1.82) is 0 Å². The van der Waals surface area contributed by atoms with Gasteiger partial charge in [0.05, 0.1) is 6.10 Å². The lowest BCUT2D eigenvalue weighted by Gasteiger charge is -2.07. The van der Waals surface area contributed by atoms with Crippen LogP contribution in [0.5, 0.6) is 0 Å². The number of hydrogen-bond donors (Lipinski definition) is 1. The quantitative estimate of drug-likeness (QED) is 0.737. The monoisotopic (exact) mass is 198 g/mol. The highest BCUT2D eigenvalue weighted by Crippen LogP contribution is 2.11. The summed E-state index contributed by atoms with van der Waals surface area (Å²) in [5.41, 5.74) is 0.455. The molecule has 1 rings (SSSR count). The van der Waals surface area contributed by atoms with E-state index in [2.05, 4.69) is 6.58 Å². The second-order valence-corrected chi connectivity index (χ2v) is 3.16. The van der Waals surface area contributed by atoms with Gasteiger partial charge in [0.2, 0.25) is 0 Å². The molecule has 0 aromatic heterocycles. The number of rotatable bonds is 4. The van der Waals surface area contributed by atoms with E-state index in [-0.39, 0.29) is 6.42 Å². The van der Waals surface area contributed by atoms with Crippen molar-refractivity contribution >= 4 is 0 Å². The fraction of sp³-hybridized carbons (Fsp3) is 0.273. The van der Waals surface area contributed by atoms with Crippen LogP contribution in [0.2, 0.25) is 0 Å². The first-order chi connectivity index (χ1) is 6.61. The van der Waals surface area contributed by atoms with Gasteiger partial charge in [-0.1, -0.05) is 6.08 Å². The van der Waals surface area contributed by atoms with Gasteiger partial charge in [-0.05, 0) is 30.5 Å². The molecule has 0 amide bonds. The van der Waals surface area contributed by atoms with Gasteiger partial charge in [0.25, 0.3) is 0 Å². The third-order valence-electron chi connectivity index (χ3n) is 1.83. The van der Waals surface area contributed by atoms with Crippen LogP contribution in [0.15, 0.2) is 30.9 Å². The third kappa shape index (κ3) is 3.26. The van der Waals surface area contributed by atoms with Crippen LogP contribution in [0.4, 0.5) is 8.78 Å². The summed E-state index contributed by atoms with van der Waals surface area (Å²) in [4.78, 5) is 0. The zero-order chi connectivity index (χ0) is 10.6. The van der Waals surface area contributed by atoms with E-state index >= 15 is 0 Å². The van der Waals surface area contributed by atoms with Crippen molar-refractivity contribution < 1.29 is 13.9 Å². The molecular formula is C11H12F2O. The Balaban J connectivity index is 2.71. The average Bonchev–Trinajstić information content (AvgIpc) is 2.01. The Morgan fingerprint density at radius 3 is 2.36 bits per heavy atom. The highest BCUT2D eigenvalue weighted by molar-refractivity contribution is 5.18. The van der Waals surface area contributed by atoms with E-state index in [0.717, 1.165) is 6.07 Å². The Labute approximate surface area is 81.7 Å². The van der Waals surface area contributed by atoms with Crippen LogP contribution in [-0.2, 0) is 6.42 Å². The Hall–Kier alpha value is -1.22. The van der Waals surface area contributed by atoms with Crippen molar-refractivity contribution in [3.8, 4) is 0 Å². The Bertz CT molecular complexity index is 303. The summed E-state index contributed by atoms with van der Waals surface area (Å²) in [6.45, 7) is 3.47. The van der Waals surface area contributed by atoms with Crippen LogP contribution in [0.1, 0.15) is 12.0 Å². The second kappa shape index (κ2) is 4.86. The number of aliphatic hydroxyl groups excluding tert-OH is 1. The fourth-order valence-electron chi connectivity index (χ4n) is 1.28. The van der Waals surface area contributed by atoms with Gasteiger partial charge in [-0.3, -0.25) is 0 Å². The first-order valence-corrected chi connectivity index (χ1v) is 4.35. The molecule has 3 heteroatoms. The fourth-order valence-corrected chi connectivity index (χ4v) is 1.28. The molecule has 0 spiro atoms. The molecule has 0 fully saturated rings. The van der Waals surface area contributed by atoms with Gasteiger partial charge in [0.1, 0.15) is 11.6 Å². The highest BCUT2D eigenvalue weighted by Gasteiger charge is 2.06. The van der Waals surface area contributed by atoms with Crippen LogP contribution in [0.3, 0.4) is 0 Å². The topological polar surface area (TPSA) is 20.2 Å². The van der Waals surface area contributed by atoms with Crippen LogP contribution in [0.25, 0.3) is 0 Å². The van der Waals surface area contributed by atoms with E-state index in [1.54, 1.807) is 6.08 Å². The maximum atomic E-state index is 12.7. The summed E-state index contributed by atoms with van der Waals surface area (Å²) in [6.07, 6.45) is 1.59. The Morgan fingerprint density at radius 2 is 1.86 bits per heavy atom. The first kappa shape index (κ1) is 10.9. The number of halogens is 2. The molecule has 1 nitrogen and oxygen atoms in total. The zero-order valence-corrected chi connectivity index (χ0v) is 7.71. The molecular weight excluding hydrogens is 186 g/mol. The van der Waals surface area contributed by atoms with Crippen molar-refractivity contribution in [2.24, 2.45) is 0 Å². The van der Waals surface area contributed by atoms with Crippen LogP contribution in [-0.4, -0.2) is 11.2 Å². The molecule has 0 bridgehead atoms. The summed E-state index contributed by atoms with van der Waals surface area (Å²) < 4.78 is 25.4. The largest absolute Gasteiger partial charge is 0.392 e. The molecule has 0 heterocycles. The molecule has 0 saturated heterocycles. The van der Waals surface area contributed by atoms with Gasteiger partial charge in [0.15, 0.2) is 0 Å². The molecule has 1 N–H and O–H groups in total. The van der Waals surface area contributed by atoms with Gasteiger partial charge in [-0.15, -0.1) is 6.58 Å². The molecule has 0 radical (unpaired) electrons. The van der Waals surface area contributed by atoms with E-state index in [4.69, 9.17) is 0 Å². The average molecular weight is 198 g/mol. The minimum Gasteiger partial charge on any atom is -0.392 e. The van der Waals surface area contributed by atoms with Crippen molar-refractivity contribution in [1.82, 2.24) is 0 Å². The first-order valence-electron chi connectivity index (χ1n) is 4.35. The van der Waals surface area contributed by atoms with E-state index < -0.39 is 17.7 Å². The second-order valence-electron chi connectivity index (χ2n) is 3.16. The number of aliphatic hydroxyl groups is 1. The summed E-state index contributed by atoms with van der Waals surface area (Å²) in [6, 6.07) is 3.24. The third-order valence-corrected chi connectivity index (χ3v) is 1.83. The van der Waals surface area contributed by atoms with Crippen LogP contribution < -0.4 is 0 Å². The molecule has 1 aromatic carbocycles. The molecule has 14 heavy (non-hydrogen) atoms. The molecule has 0 saturated carbocycles. The van der Waals surface area contributed by atoms with Gasteiger partial charge >= 0.3 is 0 Å². The minimum absolute atomic E-state index is 0.237. The Morgan fingerprint density at radius 1 is 1.29 bits per heavy atom. The van der Waals surface area contributed by atoms with Gasteiger partial charge in [-0.2, -0.15) is 0 Å². The summed E-state index contributed by atoms with van der Waals surface area (Å²) in [7, 11) is 0. The van der Waals surface area contributed by atoms with Gasteiger partial charge in [0, 0.05) is 6.07 Å². The van der Waals surface area contributed by atoms with E-state index in [9.17, 15) is 13.9 Å². The predicted octanol–water partition coefficient (Wildman–Crippen LogP) is 2.44. The highest BCUT2D eigenvalue weighted by atomic mass is 19.1. The maximum absolute atomic E-state index is 12.7. The molecule has 0 aliphatic rings. The Kier molecular flexibility index (Phi) is 3.77. The zero-order valence-electron chi connectivity index (χ0n) is 7.71. The van der Waals surface area contributed by atoms with E-state index in [1.807, 2.05) is 0 Å². The lowest BCUT2D eigenvalue weighted by molar-refractivity contribution is 0.178. The van der Waals surface area contributed by atoms with Crippen molar-refractivity contribution in [2.45, 2.75) is 18.9 Å². The predicted molar refractivity (Wildman–Crippen MR) is 50.9 cm³/mol. The van der Waals surface area contributed by atoms with Crippen LogP contribution in [0, 0.1) is 11.6 Å². The lowest BCUT2D eigenvalue weighted by Crippen LogP contribution is -2.09. The molecule has 1 atom stereocenters. The number of benzene rings is 1. The number of hydrogen-bond acceptors (Lipinski definition) is 1. The SMILES string of the molecule is C=CCC(O)Cc1cc(F)cc(F)c1. The standard InChI is InChI=1S/C11H12F2O/c1-2-3-11(14)6-8-4-9(12)7-10(13)5-8/h2,4-5,7,11,14H,1,3,6H2. The molecule has 76 valence electrons. The summed E-state index contributed by atoms with van der Waals surface area (Å²) in [5.74, 6) is -1.24. The van der Waals surface area contributed by atoms with E-state index in [1.165, 1.54) is 12.1 Å². The van der Waals surface area contributed by atoms with Gasteiger partial charge in [-0.25, -0.2) is 8.78 Å². The van der Waals surface area contributed by atoms with Crippen LogP contribution >= 0.6 is 0 Å². The normalized spacial score (nSPS) is 12.5. The summed E-state index contributed by atoms with van der Waals surface area (Å²) >= 11 is 0. The molecule has 0 aliphatic heterocycles. The van der Waals surface area contributed by atoms with E-state index in [0.29, 0.717) is 12.0 Å². The molecule has 0 aliphatic carbocycles. The molecule has 1 aromatic rings. The van der Waals surface area contributed by atoms with Crippen molar-refractivity contribution in [3.05, 3.63) is 48.1 Å². The smallest absolute Gasteiger partial charge is 0.126 e. The van der Waals surface area contributed by atoms with Gasteiger partial charge < -0.3 is 5.11 Å². The summed E-state index contributed by atoms with van der Waals surface area (Å²) in [5, 5.41) is 9.37. The lowest BCUT2D eigenvalue weighted by atomic mass is 10.1. The van der Waals surface area contributed by atoms with Crippen molar-refractivity contribution in [3.63, 3.8) is 0 Å². The minimum atomic E-state index is -0.631.